The smallest absolute Gasteiger partial charge is 0.306 e. The Bertz CT molecular complexity index is 679. The predicted molar refractivity (Wildman–Crippen MR) is 192 cm³/mol. The molecule has 0 aromatic heterocycles. The van der Waals surface area contributed by atoms with Crippen molar-refractivity contribution in [1.82, 2.24) is 0 Å². The molecule has 0 bridgehead atoms. The van der Waals surface area contributed by atoms with Gasteiger partial charge in [0.1, 0.15) is 13.2 Å². The molecule has 0 radical (unpaired) electrons. The van der Waals surface area contributed by atoms with Gasteiger partial charge in [-0.15, -0.1) is 0 Å². The van der Waals surface area contributed by atoms with Gasteiger partial charge < -0.3 is 14.2 Å². The number of ether oxygens (including phenoxy) is 3. The molecule has 0 aliphatic rings. The van der Waals surface area contributed by atoms with E-state index in [0.717, 1.165) is 57.8 Å². The molecule has 0 aromatic carbocycles. The first-order chi connectivity index (χ1) is 22.5. The fraction of sp³-hybridized carbons (Fsp3) is 0.925. The number of carbonyl (C=O) groups excluding carboxylic acids is 3. The molecule has 0 rings (SSSR count). The molecular weight excluding hydrogens is 576 g/mol. The van der Waals surface area contributed by atoms with Crippen LogP contribution in [0, 0.1) is 0 Å². The lowest BCUT2D eigenvalue weighted by Gasteiger charge is -2.18. The highest BCUT2D eigenvalue weighted by Gasteiger charge is 2.19. The number of rotatable bonds is 36. The topological polar surface area (TPSA) is 78.9 Å². The van der Waals surface area contributed by atoms with Gasteiger partial charge in [0, 0.05) is 19.3 Å². The van der Waals surface area contributed by atoms with Gasteiger partial charge in [-0.05, 0) is 19.3 Å². The van der Waals surface area contributed by atoms with E-state index < -0.39 is 6.10 Å². The van der Waals surface area contributed by atoms with Gasteiger partial charge >= 0.3 is 17.9 Å². The maximum atomic E-state index is 12.5. The Kier molecular flexibility index (Phi) is 35.0. The molecule has 6 nitrogen and oxygen atoms in total. The Labute approximate surface area is 285 Å². The van der Waals surface area contributed by atoms with Crippen LogP contribution in [0.15, 0.2) is 0 Å². The maximum Gasteiger partial charge on any atom is 0.306 e. The van der Waals surface area contributed by atoms with Crippen molar-refractivity contribution in [2.45, 2.75) is 226 Å². The molecule has 0 fully saturated rings. The van der Waals surface area contributed by atoms with Crippen molar-refractivity contribution >= 4 is 17.9 Å². The van der Waals surface area contributed by atoms with Crippen LogP contribution >= 0.6 is 0 Å². The third kappa shape index (κ3) is 33.8. The Morgan fingerprint density at radius 2 is 0.587 bits per heavy atom. The molecule has 0 aromatic rings. The fourth-order valence-corrected chi connectivity index (χ4v) is 5.79. The lowest BCUT2D eigenvalue weighted by Crippen LogP contribution is -2.30. The molecule has 6 heteroatoms. The molecule has 1 atom stereocenters. The zero-order valence-corrected chi connectivity index (χ0v) is 30.9. The molecule has 0 saturated carbocycles. The number of carbonyl (C=O) groups is 3. The summed E-state index contributed by atoms with van der Waals surface area (Å²) in [7, 11) is 0. The van der Waals surface area contributed by atoms with Crippen LogP contribution in [-0.4, -0.2) is 37.2 Å². The SMILES string of the molecule is CCCCCCCCCCCCCCCCCCC(=O)OCC(COC(=O)CCCCCCCC)OC(=O)CCCCCCCC. The summed E-state index contributed by atoms with van der Waals surface area (Å²) in [6.07, 6.45) is 34.1. The summed E-state index contributed by atoms with van der Waals surface area (Å²) in [5.74, 6) is -0.881. The highest BCUT2D eigenvalue weighted by Crippen LogP contribution is 2.15. The molecule has 0 saturated heterocycles. The highest BCUT2D eigenvalue weighted by atomic mass is 16.6. The average molecular weight is 653 g/mol. The Hall–Kier alpha value is -1.59. The number of unbranched alkanes of at least 4 members (excludes halogenated alkanes) is 25. The number of hydrogen-bond donors (Lipinski definition) is 0. The van der Waals surface area contributed by atoms with E-state index in [1.54, 1.807) is 0 Å². The van der Waals surface area contributed by atoms with Gasteiger partial charge in [-0.25, -0.2) is 0 Å². The van der Waals surface area contributed by atoms with Crippen molar-refractivity contribution < 1.29 is 28.6 Å². The lowest BCUT2D eigenvalue weighted by molar-refractivity contribution is -0.167. The summed E-state index contributed by atoms with van der Waals surface area (Å²) in [5, 5.41) is 0. The molecule has 0 amide bonds. The van der Waals surface area contributed by atoms with Gasteiger partial charge in [0.25, 0.3) is 0 Å². The van der Waals surface area contributed by atoms with Crippen molar-refractivity contribution in [2.75, 3.05) is 13.2 Å². The van der Waals surface area contributed by atoms with Gasteiger partial charge in [0.15, 0.2) is 6.10 Å². The summed E-state index contributed by atoms with van der Waals surface area (Å²) >= 11 is 0. The fourth-order valence-electron chi connectivity index (χ4n) is 5.79. The maximum absolute atomic E-state index is 12.5. The molecule has 0 spiro atoms. The first kappa shape index (κ1) is 44.4. The Morgan fingerprint density at radius 1 is 0.348 bits per heavy atom. The lowest BCUT2D eigenvalue weighted by atomic mass is 10.0. The molecule has 272 valence electrons. The zero-order chi connectivity index (χ0) is 33.8. The average Bonchev–Trinajstić information content (AvgIpc) is 3.05. The summed E-state index contributed by atoms with van der Waals surface area (Å²) in [6.45, 7) is 6.51. The van der Waals surface area contributed by atoms with Crippen molar-refractivity contribution in [3.8, 4) is 0 Å². The highest BCUT2D eigenvalue weighted by molar-refractivity contribution is 5.71. The first-order valence-electron chi connectivity index (χ1n) is 20.0. The standard InChI is InChI=1S/C40H76O6/c1-4-7-10-13-16-17-18-19-20-21-22-23-24-25-28-30-33-39(42)45-36-37(46-40(43)34-31-27-15-12-9-6-3)35-44-38(41)32-29-26-14-11-8-5-2/h37H,4-36H2,1-3H3. The largest absolute Gasteiger partial charge is 0.462 e. The molecule has 0 aliphatic carbocycles. The quantitative estimate of drug-likeness (QED) is 0.0381. The normalized spacial score (nSPS) is 11.8. The van der Waals surface area contributed by atoms with Crippen LogP contribution in [0.5, 0.6) is 0 Å². The summed E-state index contributed by atoms with van der Waals surface area (Å²) in [6, 6.07) is 0. The Morgan fingerprint density at radius 3 is 0.870 bits per heavy atom. The van der Waals surface area contributed by atoms with Crippen LogP contribution in [0.2, 0.25) is 0 Å². The summed E-state index contributed by atoms with van der Waals surface area (Å²) < 4.78 is 16.5. The van der Waals surface area contributed by atoms with Crippen molar-refractivity contribution in [2.24, 2.45) is 0 Å². The first-order valence-corrected chi connectivity index (χ1v) is 20.0. The van der Waals surface area contributed by atoms with Crippen LogP contribution in [0.4, 0.5) is 0 Å². The van der Waals surface area contributed by atoms with E-state index in [-0.39, 0.29) is 31.1 Å². The van der Waals surface area contributed by atoms with E-state index in [9.17, 15) is 14.4 Å². The zero-order valence-electron chi connectivity index (χ0n) is 30.9. The van der Waals surface area contributed by atoms with Crippen LogP contribution in [0.1, 0.15) is 220 Å². The monoisotopic (exact) mass is 653 g/mol. The molecule has 46 heavy (non-hydrogen) atoms. The summed E-state index contributed by atoms with van der Waals surface area (Å²) in [5.41, 5.74) is 0. The predicted octanol–water partition coefficient (Wildman–Crippen LogP) is 12.1. The molecule has 0 N–H and O–H groups in total. The summed E-state index contributed by atoms with van der Waals surface area (Å²) in [4.78, 5) is 37.1. The minimum absolute atomic E-state index is 0.0652. The van der Waals surface area contributed by atoms with Gasteiger partial charge in [0.05, 0.1) is 0 Å². The van der Waals surface area contributed by atoms with E-state index in [2.05, 4.69) is 20.8 Å². The van der Waals surface area contributed by atoms with E-state index in [1.807, 2.05) is 0 Å². The molecule has 0 aliphatic heterocycles. The third-order valence-electron chi connectivity index (χ3n) is 8.86. The molecule has 0 heterocycles. The van der Waals surface area contributed by atoms with Crippen LogP contribution in [0.3, 0.4) is 0 Å². The van der Waals surface area contributed by atoms with E-state index >= 15 is 0 Å². The van der Waals surface area contributed by atoms with Gasteiger partial charge in [0.2, 0.25) is 0 Å². The van der Waals surface area contributed by atoms with Crippen molar-refractivity contribution in [1.29, 1.82) is 0 Å². The van der Waals surface area contributed by atoms with E-state index in [4.69, 9.17) is 14.2 Å². The molecule has 1 unspecified atom stereocenters. The number of hydrogen-bond acceptors (Lipinski definition) is 6. The third-order valence-corrected chi connectivity index (χ3v) is 8.86. The van der Waals surface area contributed by atoms with Gasteiger partial charge in [-0.3, -0.25) is 14.4 Å². The number of esters is 3. The van der Waals surface area contributed by atoms with Gasteiger partial charge in [-0.1, -0.05) is 181 Å². The Balaban J connectivity index is 4.12. The minimum atomic E-state index is -0.754. The second-order valence-corrected chi connectivity index (χ2v) is 13.6. The van der Waals surface area contributed by atoms with Crippen LogP contribution in [0.25, 0.3) is 0 Å². The van der Waals surface area contributed by atoms with Gasteiger partial charge in [-0.2, -0.15) is 0 Å². The van der Waals surface area contributed by atoms with Crippen LogP contribution in [-0.2, 0) is 28.6 Å². The minimum Gasteiger partial charge on any atom is -0.462 e. The van der Waals surface area contributed by atoms with Crippen molar-refractivity contribution in [3.05, 3.63) is 0 Å². The van der Waals surface area contributed by atoms with Crippen LogP contribution < -0.4 is 0 Å². The van der Waals surface area contributed by atoms with E-state index in [1.165, 1.54) is 122 Å². The molecular formula is C40H76O6. The van der Waals surface area contributed by atoms with E-state index in [0.29, 0.717) is 19.3 Å². The second kappa shape index (κ2) is 36.2. The second-order valence-electron chi connectivity index (χ2n) is 13.6. The van der Waals surface area contributed by atoms with Crippen molar-refractivity contribution in [3.63, 3.8) is 0 Å².